The third kappa shape index (κ3) is 16.7. The molecule has 11 heteroatoms. The third-order valence-electron chi connectivity index (χ3n) is 3.50. The zero-order valence-corrected chi connectivity index (χ0v) is 22.1. The van der Waals surface area contributed by atoms with Crippen molar-refractivity contribution in [1.29, 1.82) is 0 Å². The lowest BCUT2D eigenvalue weighted by molar-refractivity contribution is -0.162. The molecule has 10 nitrogen and oxygen atoms in total. The SMILES string of the molecule is CC(C)(C)OC[C@H](NC(=O)[C@H](CSC[C@H](O)CO)NC(=O)OC(C)(C)C)C(=O)OC(C)(C)C. The summed E-state index contributed by atoms with van der Waals surface area (Å²) >= 11 is 1.16. The van der Waals surface area contributed by atoms with Crippen LogP contribution in [0.2, 0.25) is 0 Å². The number of hydrogen-bond acceptors (Lipinski definition) is 9. The van der Waals surface area contributed by atoms with Gasteiger partial charge in [-0.1, -0.05) is 0 Å². The number of carbonyl (C=O) groups is 3. The fourth-order valence-corrected chi connectivity index (χ4v) is 3.14. The second-order valence-corrected chi connectivity index (χ2v) is 11.7. The minimum Gasteiger partial charge on any atom is -0.458 e. The number of ether oxygens (including phenoxy) is 3. The van der Waals surface area contributed by atoms with E-state index in [1.54, 1.807) is 41.5 Å². The maximum atomic E-state index is 13.0. The summed E-state index contributed by atoms with van der Waals surface area (Å²) in [5.74, 6) is -1.08. The smallest absolute Gasteiger partial charge is 0.408 e. The van der Waals surface area contributed by atoms with Crippen LogP contribution in [-0.4, -0.2) is 87.9 Å². The average Bonchev–Trinajstić information content (AvgIpc) is 2.59. The van der Waals surface area contributed by atoms with Crippen LogP contribution in [0.3, 0.4) is 0 Å². The molecule has 2 amide bonds. The van der Waals surface area contributed by atoms with Crippen molar-refractivity contribution < 1.29 is 38.8 Å². The molecule has 0 aliphatic carbocycles. The highest BCUT2D eigenvalue weighted by Crippen LogP contribution is 2.13. The number of aliphatic hydroxyl groups is 2. The van der Waals surface area contributed by atoms with Gasteiger partial charge in [-0.15, -0.1) is 0 Å². The van der Waals surface area contributed by atoms with Gasteiger partial charge in [-0.2, -0.15) is 11.8 Å². The molecule has 0 aromatic heterocycles. The molecular formula is C22H42N2O8S. The highest BCUT2D eigenvalue weighted by molar-refractivity contribution is 7.99. The molecule has 0 saturated carbocycles. The number of rotatable bonds is 11. The van der Waals surface area contributed by atoms with Crippen LogP contribution in [0.5, 0.6) is 0 Å². The molecule has 4 N–H and O–H groups in total. The van der Waals surface area contributed by atoms with Crippen LogP contribution in [0, 0.1) is 0 Å². The minimum absolute atomic E-state index is 0.0727. The molecule has 33 heavy (non-hydrogen) atoms. The molecule has 0 aliphatic heterocycles. The zero-order chi connectivity index (χ0) is 26.0. The van der Waals surface area contributed by atoms with Gasteiger partial charge >= 0.3 is 12.1 Å². The van der Waals surface area contributed by atoms with E-state index in [-0.39, 0.29) is 18.1 Å². The van der Waals surface area contributed by atoms with Gasteiger partial charge in [0.05, 0.1) is 24.9 Å². The molecule has 0 radical (unpaired) electrons. The molecule has 0 unspecified atom stereocenters. The van der Waals surface area contributed by atoms with Gasteiger partial charge in [-0.25, -0.2) is 9.59 Å². The Morgan fingerprint density at radius 2 is 1.36 bits per heavy atom. The van der Waals surface area contributed by atoms with Crippen molar-refractivity contribution in [3.8, 4) is 0 Å². The minimum atomic E-state index is -1.10. The summed E-state index contributed by atoms with van der Waals surface area (Å²) in [6.07, 6.45) is -1.76. The topological polar surface area (TPSA) is 143 Å². The highest BCUT2D eigenvalue weighted by atomic mass is 32.2. The van der Waals surface area contributed by atoms with Gasteiger partial charge in [0, 0.05) is 11.5 Å². The standard InChI is InChI=1S/C22H42N2O8S/c1-20(2,3)30-11-15(18(28)31-21(4,5)6)23-17(27)16(13-33-12-14(26)10-25)24-19(29)32-22(7,8)9/h14-16,25-26H,10-13H2,1-9H3,(H,23,27)(H,24,29)/t14-,15+,16+/m1/s1. The van der Waals surface area contributed by atoms with Crippen molar-refractivity contribution in [2.45, 2.75) is 97.3 Å². The van der Waals surface area contributed by atoms with E-state index < -0.39 is 59.6 Å². The van der Waals surface area contributed by atoms with Crippen LogP contribution in [0.15, 0.2) is 0 Å². The fraction of sp³-hybridized carbons (Fsp3) is 0.864. The second kappa shape index (κ2) is 13.4. The van der Waals surface area contributed by atoms with Crippen LogP contribution in [0.4, 0.5) is 4.79 Å². The summed E-state index contributed by atoms with van der Waals surface area (Å²) in [7, 11) is 0. The van der Waals surface area contributed by atoms with Gasteiger partial charge in [0.25, 0.3) is 0 Å². The summed E-state index contributed by atoms with van der Waals surface area (Å²) in [5, 5.41) is 23.6. The Balaban J connectivity index is 5.48. The lowest BCUT2D eigenvalue weighted by Gasteiger charge is -2.29. The van der Waals surface area contributed by atoms with E-state index in [0.717, 1.165) is 11.8 Å². The number of amides is 2. The summed E-state index contributed by atoms with van der Waals surface area (Å²) in [6, 6.07) is -2.18. The van der Waals surface area contributed by atoms with E-state index in [0.29, 0.717) is 0 Å². The first kappa shape index (κ1) is 31.4. The van der Waals surface area contributed by atoms with Crippen LogP contribution in [0.25, 0.3) is 0 Å². The summed E-state index contributed by atoms with van der Waals surface area (Å²) in [6.45, 7) is 15.1. The van der Waals surface area contributed by atoms with Crippen LogP contribution in [0.1, 0.15) is 62.3 Å². The van der Waals surface area contributed by atoms with E-state index in [9.17, 15) is 19.5 Å². The number of nitrogens with one attached hydrogen (secondary N) is 2. The maximum Gasteiger partial charge on any atom is 0.408 e. The van der Waals surface area contributed by atoms with E-state index in [4.69, 9.17) is 19.3 Å². The molecule has 0 heterocycles. The molecule has 0 aliphatic rings. The Bertz CT molecular complexity index is 638. The van der Waals surface area contributed by atoms with Crippen molar-refractivity contribution in [2.24, 2.45) is 0 Å². The number of thioether (sulfide) groups is 1. The number of alkyl carbamates (subject to hydrolysis) is 1. The van der Waals surface area contributed by atoms with E-state index in [1.165, 1.54) is 0 Å². The van der Waals surface area contributed by atoms with Gasteiger partial charge in [0.1, 0.15) is 17.2 Å². The molecule has 3 atom stereocenters. The van der Waals surface area contributed by atoms with Crippen LogP contribution in [-0.2, 0) is 23.8 Å². The van der Waals surface area contributed by atoms with Gasteiger partial charge < -0.3 is 35.1 Å². The summed E-state index contributed by atoms with van der Waals surface area (Å²) in [5.41, 5.74) is -2.10. The molecule has 0 rings (SSSR count). The van der Waals surface area contributed by atoms with E-state index >= 15 is 0 Å². The number of carbonyl (C=O) groups excluding carboxylic acids is 3. The van der Waals surface area contributed by atoms with Crippen molar-refractivity contribution in [1.82, 2.24) is 10.6 Å². The maximum absolute atomic E-state index is 13.0. The normalized spacial score (nSPS) is 15.2. The molecule has 0 aromatic rings. The predicted octanol–water partition coefficient (Wildman–Crippen LogP) is 1.61. The zero-order valence-electron chi connectivity index (χ0n) is 21.3. The van der Waals surface area contributed by atoms with Gasteiger partial charge in [0.15, 0.2) is 6.04 Å². The van der Waals surface area contributed by atoms with Crippen LogP contribution >= 0.6 is 11.8 Å². The third-order valence-corrected chi connectivity index (χ3v) is 4.69. The molecule has 194 valence electrons. The number of hydrogen-bond donors (Lipinski definition) is 4. The van der Waals surface area contributed by atoms with E-state index in [2.05, 4.69) is 10.6 Å². The average molecular weight is 495 g/mol. The van der Waals surface area contributed by atoms with Crippen molar-refractivity contribution >= 4 is 29.7 Å². The van der Waals surface area contributed by atoms with Crippen molar-refractivity contribution in [3.05, 3.63) is 0 Å². The Morgan fingerprint density at radius 1 is 0.818 bits per heavy atom. The summed E-state index contributed by atoms with van der Waals surface area (Å²) < 4.78 is 16.3. The lowest BCUT2D eigenvalue weighted by Crippen LogP contribution is -2.55. The fourth-order valence-electron chi connectivity index (χ4n) is 2.15. The number of esters is 1. The lowest BCUT2D eigenvalue weighted by atomic mass is 10.1. The Morgan fingerprint density at radius 3 is 1.82 bits per heavy atom. The van der Waals surface area contributed by atoms with Gasteiger partial charge in [-0.3, -0.25) is 4.79 Å². The molecular weight excluding hydrogens is 452 g/mol. The first-order valence-corrected chi connectivity index (χ1v) is 12.0. The molecule has 0 fully saturated rings. The highest BCUT2D eigenvalue weighted by Gasteiger charge is 2.32. The number of aliphatic hydroxyl groups excluding tert-OH is 2. The van der Waals surface area contributed by atoms with Crippen molar-refractivity contribution in [3.63, 3.8) is 0 Å². The second-order valence-electron chi connectivity index (χ2n) is 10.6. The van der Waals surface area contributed by atoms with Crippen LogP contribution < -0.4 is 10.6 Å². The first-order valence-electron chi connectivity index (χ1n) is 10.9. The molecule has 0 bridgehead atoms. The monoisotopic (exact) mass is 494 g/mol. The molecule has 0 aromatic carbocycles. The Kier molecular flexibility index (Phi) is 12.7. The quantitative estimate of drug-likeness (QED) is 0.315. The Hall–Kier alpha value is -1.56. The molecule has 0 saturated heterocycles. The first-order chi connectivity index (χ1) is 14.8. The summed E-state index contributed by atoms with van der Waals surface area (Å²) in [4.78, 5) is 38.0. The van der Waals surface area contributed by atoms with Gasteiger partial charge in [0.2, 0.25) is 5.91 Å². The van der Waals surface area contributed by atoms with Crippen molar-refractivity contribution in [2.75, 3.05) is 24.7 Å². The molecule has 0 spiro atoms. The Labute approximate surface area is 201 Å². The largest absolute Gasteiger partial charge is 0.458 e. The van der Waals surface area contributed by atoms with E-state index in [1.807, 2.05) is 20.8 Å². The predicted molar refractivity (Wildman–Crippen MR) is 127 cm³/mol. The van der Waals surface area contributed by atoms with Gasteiger partial charge in [-0.05, 0) is 62.3 Å².